The average Bonchev–Trinajstić information content (AvgIpc) is 3.90. The molecule has 0 aliphatic rings. The molecular weight excluding hydrogens is 781 g/mol. The molecule has 0 amide bonds. The lowest BCUT2D eigenvalue weighted by Gasteiger charge is -2.26. The van der Waals surface area contributed by atoms with Crippen LogP contribution in [0.15, 0.2) is 243 Å². The van der Waals surface area contributed by atoms with Crippen LogP contribution in [0.1, 0.15) is 0 Å². The van der Waals surface area contributed by atoms with Crippen LogP contribution in [0.5, 0.6) is 0 Å². The molecule has 296 valence electrons. The van der Waals surface area contributed by atoms with Gasteiger partial charge >= 0.3 is 0 Å². The van der Waals surface area contributed by atoms with Crippen LogP contribution < -0.4 is 4.90 Å². The highest BCUT2D eigenvalue weighted by atomic mass is 32.1. The Kier molecular flexibility index (Phi) is 9.06. The molecule has 0 bridgehead atoms. The van der Waals surface area contributed by atoms with Gasteiger partial charge in [0.25, 0.3) is 0 Å². The Balaban J connectivity index is 1.00. The summed E-state index contributed by atoms with van der Waals surface area (Å²) in [6, 6.07) is 88.5. The Labute approximate surface area is 370 Å². The second-order valence-corrected chi connectivity index (χ2v) is 17.2. The van der Waals surface area contributed by atoms with Gasteiger partial charge in [0.15, 0.2) is 0 Å². The van der Waals surface area contributed by atoms with E-state index in [2.05, 4.69) is 252 Å². The van der Waals surface area contributed by atoms with E-state index in [-0.39, 0.29) is 0 Å². The first-order valence-corrected chi connectivity index (χ1v) is 22.3. The van der Waals surface area contributed by atoms with Crippen LogP contribution in [0.3, 0.4) is 0 Å². The minimum atomic E-state index is 1.10. The fraction of sp³-hybridized carbons (Fsp3) is 0. The van der Waals surface area contributed by atoms with Gasteiger partial charge in [-0.15, -0.1) is 11.3 Å². The number of rotatable bonds is 8. The molecule has 0 aliphatic carbocycles. The number of fused-ring (bicyclic) bond motifs is 6. The molecule has 2 nitrogen and oxygen atoms in total. The smallest absolute Gasteiger partial charge is 0.0547 e. The number of benzene rings is 10. The van der Waals surface area contributed by atoms with Gasteiger partial charge in [-0.3, -0.25) is 0 Å². The van der Waals surface area contributed by atoms with Crippen LogP contribution in [0.2, 0.25) is 0 Å². The Morgan fingerprint density at radius 2 is 0.810 bits per heavy atom. The second-order valence-electron chi connectivity index (χ2n) is 16.1. The summed E-state index contributed by atoms with van der Waals surface area (Å²) in [6.45, 7) is 0. The molecule has 0 fully saturated rings. The molecule has 0 saturated heterocycles. The summed E-state index contributed by atoms with van der Waals surface area (Å²) in [7, 11) is 0. The lowest BCUT2D eigenvalue weighted by atomic mass is 9.90. The van der Waals surface area contributed by atoms with Crippen molar-refractivity contribution in [3.8, 4) is 50.2 Å². The van der Waals surface area contributed by atoms with Gasteiger partial charge in [-0.25, -0.2) is 0 Å². The fourth-order valence-corrected chi connectivity index (χ4v) is 10.4. The Bertz CT molecular complexity index is 3590. The molecule has 3 heteroatoms. The molecule has 0 N–H and O–H groups in total. The SMILES string of the molecule is c1ccc(-c2ccc(N(c3ccc(-c4ccc(-c5ccccc5)cc4-c4ccc5c6ccccc6n(-c6ccccc6)c5c4)cc3)c3ccc4sc5ccccc5c4c3)cc2)cc1. The fourth-order valence-electron chi connectivity index (χ4n) is 9.36. The zero-order valence-electron chi connectivity index (χ0n) is 34.4. The van der Waals surface area contributed by atoms with Crippen LogP contribution in [0.4, 0.5) is 17.1 Å². The third-order valence-corrected chi connectivity index (χ3v) is 13.6. The summed E-state index contributed by atoms with van der Waals surface area (Å²) in [4.78, 5) is 2.39. The number of anilines is 3. The van der Waals surface area contributed by atoms with Gasteiger partial charge in [-0.2, -0.15) is 0 Å². The van der Waals surface area contributed by atoms with Crippen molar-refractivity contribution < 1.29 is 0 Å². The van der Waals surface area contributed by atoms with E-state index in [0.29, 0.717) is 0 Å². The minimum Gasteiger partial charge on any atom is -0.310 e. The van der Waals surface area contributed by atoms with Crippen molar-refractivity contribution in [1.29, 1.82) is 0 Å². The van der Waals surface area contributed by atoms with E-state index in [9.17, 15) is 0 Å². The number of para-hydroxylation sites is 2. The first-order valence-electron chi connectivity index (χ1n) is 21.5. The van der Waals surface area contributed by atoms with E-state index in [4.69, 9.17) is 0 Å². The largest absolute Gasteiger partial charge is 0.310 e. The van der Waals surface area contributed by atoms with E-state index in [1.807, 2.05) is 11.3 Å². The van der Waals surface area contributed by atoms with Crippen molar-refractivity contribution in [3.05, 3.63) is 243 Å². The lowest BCUT2D eigenvalue weighted by molar-refractivity contribution is 1.18. The molecule has 0 radical (unpaired) electrons. The zero-order chi connectivity index (χ0) is 41.7. The highest BCUT2D eigenvalue weighted by Crippen LogP contribution is 2.44. The topological polar surface area (TPSA) is 8.17 Å². The molecule has 12 rings (SSSR count). The van der Waals surface area contributed by atoms with Crippen LogP contribution in [-0.2, 0) is 0 Å². The maximum Gasteiger partial charge on any atom is 0.0547 e. The standard InChI is InChI=1S/C60H40N2S/c1-4-14-41(15-5-1)43-24-30-48(31-25-43)61(50-34-37-60-56(40-50)54-21-11-13-23-59(54)63-60)49-32-26-44(27-33-49)51-35-28-45(42-16-6-2-7-17-42)38-55(51)46-29-36-53-52-20-10-12-22-57(52)62(58(53)39-46)47-18-8-3-9-19-47/h1-40H. The summed E-state index contributed by atoms with van der Waals surface area (Å²) in [5, 5.41) is 5.07. The summed E-state index contributed by atoms with van der Waals surface area (Å²) in [5.74, 6) is 0. The molecular formula is C60H40N2S. The predicted octanol–water partition coefficient (Wildman–Crippen LogP) is 17.3. The zero-order valence-corrected chi connectivity index (χ0v) is 35.2. The molecule has 0 atom stereocenters. The number of hydrogen-bond acceptors (Lipinski definition) is 2. The van der Waals surface area contributed by atoms with Crippen LogP contribution in [0.25, 0.3) is 92.2 Å². The third-order valence-electron chi connectivity index (χ3n) is 12.4. The van der Waals surface area contributed by atoms with Gasteiger partial charge in [-0.1, -0.05) is 164 Å². The normalized spacial score (nSPS) is 11.5. The quantitative estimate of drug-likeness (QED) is 0.148. The third kappa shape index (κ3) is 6.58. The van der Waals surface area contributed by atoms with Gasteiger partial charge in [0.05, 0.1) is 11.0 Å². The van der Waals surface area contributed by atoms with Gasteiger partial charge < -0.3 is 9.47 Å². The van der Waals surface area contributed by atoms with Crippen LogP contribution in [0, 0.1) is 0 Å². The van der Waals surface area contributed by atoms with Crippen molar-refractivity contribution in [2.24, 2.45) is 0 Å². The number of thiophene rings is 1. The molecule has 63 heavy (non-hydrogen) atoms. The van der Waals surface area contributed by atoms with E-state index in [1.54, 1.807) is 0 Å². The Morgan fingerprint density at radius 3 is 1.54 bits per heavy atom. The average molecular weight is 821 g/mol. The molecule has 0 unspecified atom stereocenters. The number of aromatic nitrogens is 1. The van der Waals surface area contributed by atoms with Crippen molar-refractivity contribution >= 4 is 70.4 Å². The van der Waals surface area contributed by atoms with Gasteiger partial charge in [0.2, 0.25) is 0 Å². The van der Waals surface area contributed by atoms with Crippen molar-refractivity contribution in [2.45, 2.75) is 0 Å². The van der Waals surface area contributed by atoms with E-state index < -0.39 is 0 Å². The molecule has 0 aliphatic heterocycles. The van der Waals surface area contributed by atoms with E-state index in [1.165, 1.54) is 80.9 Å². The summed E-state index contributed by atoms with van der Waals surface area (Å²) < 4.78 is 5.01. The minimum absolute atomic E-state index is 1.10. The maximum absolute atomic E-state index is 2.40. The first kappa shape index (κ1) is 36.8. The van der Waals surface area contributed by atoms with Gasteiger partial charge in [-0.05, 0) is 123 Å². The summed E-state index contributed by atoms with van der Waals surface area (Å²) in [5.41, 5.74) is 16.4. The van der Waals surface area contributed by atoms with Crippen molar-refractivity contribution in [2.75, 3.05) is 4.90 Å². The number of nitrogens with zero attached hydrogens (tertiary/aromatic N) is 2. The number of hydrogen-bond donors (Lipinski definition) is 0. The molecule has 10 aromatic carbocycles. The summed E-state index contributed by atoms with van der Waals surface area (Å²) in [6.07, 6.45) is 0. The highest BCUT2D eigenvalue weighted by molar-refractivity contribution is 7.25. The van der Waals surface area contributed by atoms with Crippen molar-refractivity contribution in [3.63, 3.8) is 0 Å². The Hall–Kier alpha value is -7.98. The monoisotopic (exact) mass is 820 g/mol. The molecule has 2 heterocycles. The van der Waals surface area contributed by atoms with E-state index in [0.717, 1.165) is 28.3 Å². The first-order chi connectivity index (χ1) is 31.2. The second kappa shape index (κ2) is 15.5. The highest BCUT2D eigenvalue weighted by Gasteiger charge is 2.19. The Morgan fingerprint density at radius 1 is 0.286 bits per heavy atom. The van der Waals surface area contributed by atoms with Gasteiger partial charge in [0, 0.05) is 53.7 Å². The van der Waals surface area contributed by atoms with Gasteiger partial charge in [0.1, 0.15) is 0 Å². The van der Waals surface area contributed by atoms with Crippen LogP contribution >= 0.6 is 11.3 Å². The molecule has 0 saturated carbocycles. The summed E-state index contributed by atoms with van der Waals surface area (Å²) >= 11 is 1.85. The van der Waals surface area contributed by atoms with E-state index >= 15 is 0 Å². The molecule has 2 aromatic heterocycles. The van der Waals surface area contributed by atoms with Crippen molar-refractivity contribution in [1.82, 2.24) is 4.57 Å². The lowest BCUT2D eigenvalue weighted by Crippen LogP contribution is -2.09. The van der Waals surface area contributed by atoms with Crippen LogP contribution in [-0.4, -0.2) is 4.57 Å². The molecule has 0 spiro atoms. The maximum atomic E-state index is 2.40. The molecule has 12 aromatic rings. The predicted molar refractivity (Wildman–Crippen MR) is 270 cm³/mol.